The molecular formula is C15H25NO3. The van der Waals surface area contributed by atoms with Gasteiger partial charge in [-0.2, -0.15) is 0 Å². The topological polar surface area (TPSA) is 55.4 Å². The molecule has 1 rings (SSSR count). The zero-order valence-corrected chi connectivity index (χ0v) is 12.2. The van der Waals surface area contributed by atoms with Gasteiger partial charge >= 0.3 is 5.97 Å². The third-order valence-electron chi connectivity index (χ3n) is 3.06. The molecule has 1 N–H and O–H groups in total. The standard InChI is InChI=1S/C15H25NO3/c1-11(2)10-19-15(18)12(3)16-14(17)9-13-7-5-4-6-8-13/h7,11-12H,4-6,8-10H2,1-3H3,(H,16,17)/t12-/m0/s1. The maximum absolute atomic E-state index is 11.8. The average Bonchev–Trinajstić information content (AvgIpc) is 2.36. The van der Waals surface area contributed by atoms with E-state index in [0.29, 0.717) is 18.9 Å². The molecule has 0 saturated carbocycles. The van der Waals surface area contributed by atoms with Crippen LogP contribution in [0.25, 0.3) is 0 Å². The lowest BCUT2D eigenvalue weighted by molar-refractivity contribution is -0.148. The molecule has 19 heavy (non-hydrogen) atoms. The minimum absolute atomic E-state index is 0.0952. The summed E-state index contributed by atoms with van der Waals surface area (Å²) in [6, 6.07) is -0.574. The summed E-state index contributed by atoms with van der Waals surface area (Å²) < 4.78 is 5.09. The van der Waals surface area contributed by atoms with Crippen molar-refractivity contribution >= 4 is 11.9 Å². The third-order valence-corrected chi connectivity index (χ3v) is 3.06. The molecule has 108 valence electrons. The van der Waals surface area contributed by atoms with Gasteiger partial charge in [0, 0.05) is 6.42 Å². The Morgan fingerprint density at radius 1 is 1.32 bits per heavy atom. The van der Waals surface area contributed by atoms with Crippen molar-refractivity contribution in [2.45, 2.75) is 58.9 Å². The highest BCUT2D eigenvalue weighted by Gasteiger charge is 2.18. The van der Waals surface area contributed by atoms with Crippen molar-refractivity contribution in [1.29, 1.82) is 0 Å². The summed E-state index contributed by atoms with van der Waals surface area (Å²) >= 11 is 0. The Bertz CT molecular complexity index is 347. The van der Waals surface area contributed by atoms with Crippen molar-refractivity contribution in [3.63, 3.8) is 0 Å². The molecular weight excluding hydrogens is 242 g/mol. The van der Waals surface area contributed by atoms with E-state index in [9.17, 15) is 9.59 Å². The Hall–Kier alpha value is -1.32. The van der Waals surface area contributed by atoms with E-state index in [2.05, 4.69) is 11.4 Å². The largest absolute Gasteiger partial charge is 0.464 e. The quantitative estimate of drug-likeness (QED) is 0.594. The summed E-state index contributed by atoms with van der Waals surface area (Å²) in [7, 11) is 0. The molecule has 0 spiro atoms. The van der Waals surface area contributed by atoms with Crippen LogP contribution in [0, 0.1) is 5.92 Å². The Balaban J connectivity index is 2.30. The van der Waals surface area contributed by atoms with E-state index in [0.717, 1.165) is 19.3 Å². The Kier molecular flexibility index (Phi) is 6.60. The molecule has 1 aliphatic carbocycles. The number of nitrogens with one attached hydrogen (secondary N) is 1. The molecule has 0 heterocycles. The molecule has 0 unspecified atom stereocenters. The van der Waals surface area contributed by atoms with Crippen LogP contribution in [0.15, 0.2) is 11.6 Å². The molecule has 1 amide bonds. The number of ether oxygens (including phenoxy) is 1. The lowest BCUT2D eigenvalue weighted by Gasteiger charge is -2.16. The number of hydrogen-bond donors (Lipinski definition) is 1. The summed E-state index contributed by atoms with van der Waals surface area (Å²) in [5.74, 6) is -0.152. The fourth-order valence-electron chi connectivity index (χ4n) is 2.00. The second-order valence-electron chi connectivity index (χ2n) is 5.60. The highest BCUT2D eigenvalue weighted by molar-refractivity contribution is 5.85. The van der Waals surface area contributed by atoms with E-state index in [4.69, 9.17) is 4.74 Å². The highest BCUT2D eigenvalue weighted by atomic mass is 16.5. The molecule has 4 heteroatoms. The van der Waals surface area contributed by atoms with E-state index in [1.165, 1.54) is 12.0 Å². The van der Waals surface area contributed by atoms with E-state index in [1.807, 2.05) is 13.8 Å². The van der Waals surface area contributed by atoms with Gasteiger partial charge in [-0.25, -0.2) is 4.79 Å². The first-order chi connectivity index (χ1) is 8.99. The number of carbonyl (C=O) groups is 2. The first-order valence-corrected chi connectivity index (χ1v) is 7.13. The van der Waals surface area contributed by atoms with Crippen molar-refractivity contribution in [3.8, 4) is 0 Å². The lowest BCUT2D eigenvalue weighted by Crippen LogP contribution is -2.40. The van der Waals surface area contributed by atoms with E-state index < -0.39 is 6.04 Å². The maximum Gasteiger partial charge on any atom is 0.328 e. The number of esters is 1. The van der Waals surface area contributed by atoms with Crippen LogP contribution in [-0.4, -0.2) is 24.5 Å². The van der Waals surface area contributed by atoms with Crippen molar-refractivity contribution in [3.05, 3.63) is 11.6 Å². The van der Waals surface area contributed by atoms with Gasteiger partial charge in [0.05, 0.1) is 6.61 Å². The molecule has 0 aliphatic heterocycles. The van der Waals surface area contributed by atoms with Crippen molar-refractivity contribution in [1.82, 2.24) is 5.32 Å². The highest BCUT2D eigenvalue weighted by Crippen LogP contribution is 2.19. The van der Waals surface area contributed by atoms with Crippen LogP contribution in [0.4, 0.5) is 0 Å². The van der Waals surface area contributed by atoms with Crippen LogP contribution in [0.1, 0.15) is 52.9 Å². The van der Waals surface area contributed by atoms with Gasteiger partial charge in [0.2, 0.25) is 5.91 Å². The molecule has 0 aromatic carbocycles. The van der Waals surface area contributed by atoms with Crippen molar-refractivity contribution < 1.29 is 14.3 Å². The van der Waals surface area contributed by atoms with Gasteiger partial charge in [0.1, 0.15) is 6.04 Å². The molecule has 1 atom stereocenters. The van der Waals surface area contributed by atoms with Gasteiger partial charge < -0.3 is 10.1 Å². The molecule has 1 aliphatic rings. The molecule has 4 nitrogen and oxygen atoms in total. The van der Waals surface area contributed by atoms with Crippen LogP contribution in [0.3, 0.4) is 0 Å². The SMILES string of the molecule is CC(C)COC(=O)[C@H](C)NC(=O)CC1=CCCCC1. The molecule has 0 aromatic heterocycles. The minimum atomic E-state index is -0.574. The zero-order valence-electron chi connectivity index (χ0n) is 12.2. The first kappa shape index (κ1) is 15.7. The monoisotopic (exact) mass is 267 g/mol. The summed E-state index contributed by atoms with van der Waals surface area (Å²) in [6.45, 7) is 6.01. The normalized spacial score (nSPS) is 16.7. The first-order valence-electron chi connectivity index (χ1n) is 7.13. The Labute approximate surface area is 115 Å². The van der Waals surface area contributed by atoms with Crippen LogP contribution >= 0.6 is 0 Å². The fraction of sp³-hybridized carbons (Fsp3) is 0.733. The second kappa shape index (κ2) is 7.97. The zero-order chi connectivity index (χ0) is 14.3. The maximum atomic E-state index is 11.8. The summed E-state index contributed by atoms with van der Waals surface area (Å²) in [6.07, 6.45) is 6.98. The number of amides is 1. The molecule has 0 aromatic rings. The average molecular weight is 267 g/mol. The van der Waals surface area contributed by atoms with Crippen LogP contribution in [0.5, 0.6) is 0 Å². The Morgan fingerprint density at radius 2 is 2.05 bits per heavy atom. The second-order valence-corrected chi connectivity index (χ2v) is 5.60. The molecule has 0 fully saturated rings. The van der Waals surface area contributed by atoms with Gasteiger partial charge in [-0.15, -0.1) is 0 Å². The van der Waals surface area contributed by atoms with Crippen LogP contribution in [-0.2, 0) is 14.3 Å². The Morgan fingerprint density at radius 3 is 2.63 bits per heavy atom. The van der Waals surface area contributed by atoms with Gasteiger partial charge in [-0.1, -0.05) is 25.5 Å². The van der Waals surface area contributed by atoms with Gasteiger partial charge in [0.25, 0.3) is 0 Å². The predicted octanol–water partition coefficient (Wildman–Crippen LogP) is 2.58. The molecule has 0 saturated heterocycles. The van der Waals surface area contributed by atoms with E-state index in [-0.39, 0.29) is 11.9 Å². The van der Waals surface area contributed by atoms with Crippen LogP contribution < -0.4 is 5.32 Å². The van der Waals surface area contributed by atoms with Crippen molar-refractivity contribution in [2.24, 2.45) is 5.92 Å². The summed E-state index contributed by atoms with van der Waals surface area (Å²) in [5.41, 5.74) is 1.19. The van der Waals surface area contributed by atoms with Gasteiger partial charge in [-0.3, -0.25) is 4.79 Å². The number of hydrogen-bond acceptors (Lipinski definition) is 3. The molecule has 0 bridgehead atoms. The van der Waals surface area contributed by atoms with E-state index in [1.54, 1.807) is 6.92 Å². The summed E-state index contributed by atoms with van der Waals surface area (Å²) in [5, 5.41) is 2.70. The van der Waals surface area contributed by atoms with E-state index >= 15 is 0 Å². The number of allylic oxidation sites excluding steroid dienone is 1. The number of rotatable bonds is 6. The van der Waals surface area contributed by atoms with Gasteiger partial charge in [-0.05, 0) is 38.5 Å². The number of carbonyl (C=O) groups excluding carboxylic acids is 2. The van der Waals surface area contributed by atoms with Gasteiger partial charge in [0.15, 0.2) is 0 Å². The third kappa shape index (κ3) is 6.41. The predicted molar refractivity (Wildman–Crippen MR) is 74.6 cm³/mol. The van der Waals surface area contributed by atoms with Crippen LogP contribution in [0.2, 0.25) is 0 Å². The summed E-state index contributed by atoms with van der Waals surface area (Å²) in [4.78, 5) is 23.4. The fourth-order valence-corrected chi connectivity index (χ4v) is 2.00. The lowest BCUT2D eigenvalue weighted by atomic mass is 9.97. The minimum Gasteiger partial charge on any atom is -0.464 e. The smallest absolute Gasteiger partial charge is 0.328 e. The van der Waals surface area contributed by atoms with Crippen molar-refractivity contribution in [2.75, 3.05) is 6.61 Å². The molecule has 0 radical (unpaired) electrons.